The highest BCUT2D eigenvalue weighted by Gasteiger charge is 2.22. The van der Waals surface area contributed by atoms with E-state index in [9.17, 15) is 9.59 Å². The monoisotopic (exact) mass is 352 g/mol. The molecule has 0 aromatic heterocycles. The van der Waals surface area contributed by atoms with Gasteiger partial charge in [-0.15, -0.1) is 0 Å². The molecule has 5 nitrogen and oxygen atoms in total. The van der Waals surface area contributed by atoms with Gasteiger partial charge < -0.3 is 15.3 Å². The molecular weight excluding hydrogens is 328 g/mol. The van der Waals surface area contributed by atoms with Gasteiger partial charge in [-0.3, -0.25) is 9.59 Å². The molecule has 0 saturated carbocycles. The normalized spacial score (nSPS) is 13.9. The number of hydrogen-bond acceptors (Lipinski definition) is 3. The maximum atomic E-state index is 12.6. The number of rotatable bonds is 8. The molecule has 0 spiro atoms. The van der Waals surface area contributed by atoms with Crippen molar-refractivity contribution in [2.45, 2.75) is 31.7 Å². The molecule has 5 heteroatoms. The van der Waals surface area contributed by atoms with Crippen LogP contribution in [0.25, 0.3) is 0 Å². The number of aliphatic carboxylic acids is 1. The van der Waals surface area contributed by atoms with Crippen molar-refractivity contribution in [3.63, 3.8) is 0 Å². The number of nitrogens with one attached hydrogen (secondary N) is 1. The number of carboxylic acids is 1. The van der Waals surface area contributed by atoms with Crippen LogP contribution < -0.4 is 10.2 Å². The lowest BCUT2D eigenvalue weighted by Crippen LogP contribution is -2.43. The number of para-hydroxylation sites is 1. The Hall–Kier alpha value is -2.82. The first kappa shape index (κ1) is 18.0. The van der Waals surface area contributed by atoms with E-state index >= 15 is 0 Å². The largest absolute Gasteiger partial charge is 0.481 e. The van der Waals surface area contributed by atoms with E-state index in [1.54, 1.807) is 0 Å². The summed E-state index contributed by atoms with van der Waals surface area (Å²) in [6, 6.07) is 17.8. The van der Waals surface area contributed by atoms with Crippen LogP contribution in [-0.4, -0.2) is 36.1 Å². The summed E-state index contributed by atoms with van der Waals surface area (Å²) in [4.78, 5) is 25.6. The fraction of sp³-hybridized carbons (Fsp3) is 0.333. The second-order valence-corrected chi connectivity index (χ2v) is 6.69. The maximum Gasteiger partial charge on any atom is 0.303 e. The van der Waals surface area contributed by atoms with Crippen LogP contribution in [0.3, 0.4) is 0 Å². The number of nitrogens with zero attached hydrogens (tertiary/aromatic N) is 1. The molecular formula is C21H24N2O3. The van der Waals surface area contributed by atoms with Crippen LogP contribution in [0.15, 0.2) is 54.6 Å². The molecule has 1 amide bonds. The van der Waals surface area contributed by atoms with Crippen molar-refractivity contribution in [2.24, 2.45) is 0 Å². The lowest BCUT2D eigenvalue weighted by molar-refractivity contribution is -0.137. The first-order valence-electron chi connectivity index (χ1n) is 9.00. The molecule has 0 radical (unpaired) electrons. The summed E-state index contributed by atoms with van der Waals surface area (Å²) in [6.07, 6.45) is 2.06. The Balaban J connectivity index is 1.60. The van der Waals surface area contributed by atoms with Crippen molar-refractivity contribution < 1.29 is 14.7 Å². The number of anilines is 1. The third-order valence-corrected chi connectivity index (χ3v) is 4.71. The minimum Gasteiger partial charge on any atom is -0.481 e. The highest BCUT2D eigenvalue weighted by Crippen LogP contribution is 2.26. The minimum absolute atomic E-state index is 0.0460. The molecule has 1 heterocycles. The van der Waals surface area contributed by atoms with Gasteiger partial charge >= 0.3 is 5.97 Å². The average Bonchev–Trinajstić information content (AvgIpc) is 3.03. The van der Waals surface area contributed by atoms with E-state index in [-0.39, 0.29) is 18.4 Å². The summed E-state index contributed by atoms with van der Waals surface area (Å²) in [5.41, 5.74) is 3.48. The van der Waals surface area contributed by atoms with Crippen LogP contribution in [0.4, 0.5) is 5.69 Å². The second kappa shape index (κ2) is 8.52. The van der Waals surface area contributed by atoms with E-state index in [0.29, 0.717) is 19.4 Å². The fourth-order valence-corrected chi connectivity index (χ4v) is 3.44. The second-order valence-electron chi connectivity index (χ2n) is 6.69. The molecule has 0 bridgehead atoms. The van der Waals surface area contributed by atoms with Gasteiger partial charge in [0.25, 0.3) is 0 Å². The zero-order valence-electron chi connectivity index (χ0n) is 14.7. The van der Waals surface area contributed by atoms with E-state index in [1.807, 2.05) is 48.5 Å². The van der Waals surface area contributed by atoms with Gasteiger partial charge in [0.15, 0.2) is 0 Å². The number of benzene rings is 2. The summed E-state index contributed by atoms with van der Waals surface area (Å²) in [5.74, 6) is -0.904. The Labute approximate surface area is 153 Å². The average molecular weight is 352 g/mol. The van der Waals surface area contributed by atoms with Gasteiger partial charge in [-0.1, -0.05) is 48.5 Å². The molecule has 1 aliphatic rings. The molecule has 0 aliphatic carbocycles. The van der Waals surface area contributed by atoms with Crippen LogP contribution in [0.5, 0.6) is 0 Å². The Morgan fingerprint density at radius 1 is 1.08 bits per heavy atom. The summed E-state index contributed by atoms with van der Waals surface area (Å²) in [5, 5.41) is 12.0. The standard InChI is InChI=1S/C21H24N2O3/c24-20(15-23-13-12-17-8-4-5-9-19(17)23)22-18(10-11-21(25)26)14-16-6-2-1-3-7-16/h1-9,18H,10-15H2,(H,22,24)(H,25,26). The highest BCUT2D eigenvalue weighted by atomic mass is 16.4. The first-order valence-corrected chi connectivity index (χ1v) is 9.00. The van der Waals surface area contributed by atoms with E-state index in [4.69, 9.17) is 5.11 Å². The molecule has 0 fully saturated rings. The molecule has 1 atom stereocenters. The molecule has 2 N–H and O–H groups in total. The number of amides is 1. The van der Waals surface area contributed by atoms with Gasteiger partial charge in [0.2, 0.25) is 5.91 Å². The molecule has 2 aromatic carbocycles. The fourth-order valence-electron chi connectivity index (χ4n) is 3.44. The number of fused-ring (bicyclic) bond motifs is 1. The van der Waals surface area contributed by atoms with Crippen molar-refractivity contribution in [2.75, 3.05) is 18.0 Å². The van der Waals surface area contributed by atoms with Crippen LogP contribution in [0, 0.1) is 0 Å². The quantitative estimate of drug-likeness (QED) is 0.766. The zero-order valence-corrected chi connectivity index (χ0v) is 14.7. The molecule has 136 valence electrons. The molecule has 1 aliphatic heterocycles. The third-order valence-electron chi connectivity index (χ3n) is 4.71. The van der Waals surface area contributed by atoms with Gasteiger partial charge in [0.1, 0.15) is 0 Å². The van der Waals surface area contributed by atoms with Crippen molar-refractivity contribution >= 4 is 17.6 Å². The van der Waals surface area contributed by atoms with Gasteiger partial charge in [-0.2, -0.15) is 0 Å². The zero-order chi connectivity index (χ0) is 18.4. The summed E-state index contributed by atoms with van der Waals surface area (Å²) in [6.45, 7) is 1.14. The molecule has 0 saturated heterocycles. The van der Waals surface area contributed by atoms with E-state index < -0.39 is 5.97 Å². The molecule has 1 unspecified atom stereocenters. The third kappa shape index (κ3) is 4.85. The molecule has 2 aromatic rings. The minimum atomic E-state index is -0.842. The Bertz CT molecular complexity index is 761. The topological polar surface area (TPSA) is 69.6 Å². The summed E-state index contributed by atoms with van der Waals surface area (Å²) < 4.78 is 0. The summed E-state index contributed by atoms with van der Waals surface area (Å²) in [7, 11) is 0. The number of carbonyl (C=O) groups excluding carboxylic acids is 1. The van der Waals surface area contributed by atoms with Crippen LogP contribution in [0.2, 0.25) is 0 Å². The van der Waals surface area contributed by atoms with E-state index in [1.165, 1.54) is 5.56 Å². The van der Waals surface area contributed by atoms with Gasteiger partial charge in [-0.05, 0) is 36.5 Å². The number of carboxylic acid groups (broad SMARTS) is 1. The molecule has 3 rings (SSSR count). The molecule has 26 heavy (non-hydrogen) atoms. The van der Waals surface area contributed by atoms with Crippen molar-refractivity contribution in [3.05, 3.63) is 65.7 Å². The predicted molar refractivity (Wildman–Crippen MR) is 101 cm³/mol. The van der Waals surface area contributed by atoms with E-state index in [2.05, 4.69) is 16.3 Å². The SMILES string of the molecule is O=C(O)CCC(Cc1ccccc1)NC(=O)CN1CCc2ccccc21. The van der Waals surface area contributed by atoms with Gasteiger partial charge in [-0.25, -0.2) is 0 Å². The Morgan fingerprint density at radius 2 is 1.81 bits per heavy atom. The highest BCUT2D eigenvalue weighted by molar-refractivity contribution is 5.82. The lowest BCUT2D eigenvalue weighted by atomic mass is 10.0. The van der Waals surface area contributed by atoms with Crippen LogP contribution >= 0.6 is 0 Å². The van der Waals surface area contributed by atoms with Crippen LogP contribution in [0.1, 0.15) is 24.0 Å². The predicted octanol–water partition coefficient (Wildman–Crippen LogP) is 2.64. The smallest absolute Gasteiger partial charge is 0.303 e. The van der Waals surface area contributed by atoms with Gasteiger partial charge in [0, 0.05) is 24.7 Å². The van der Waals surface area contributed by atoms with Crippen molar-refractivity contribution in [3.8, 4) is 0 Å². The van der Waals surface area contributed by atoms with Gasteiger partial charge in [0.05, 0.1) is 6.54 Å². The lowest BCUT2D eigenvalue weighted by Gasteiger charge is -2.22. The summed E-state index contributed by atoms with van der Waals surface area (Å²) >= 11 is 0. The number of hydrogen-bond donors (Lipinski definition) is 2. The Kier molecular flexibility index (Phi) is 5.89. The van der Waals surface area contributed by atoms with Crippen molar-refractivity contribution in [1.29, 1.82) is 0 Å². The Morgan fingerprint density at radius 3 is 2.58 bits per heavy atom. The van der Waals surface area contributed by atoms with E-state index in [0.717, 1.165) is 24.2 Å². The maximum absolute atomic E-state index is 12.6. The van der Waals surface area contributed by atoms with Crippen molar-refractivity contribution in [1.82, 2.24) is 5.32 Å². The first-order chi connectivity index (χ1) is 12.6. The number of carbonyl (C=O) groups is 2. The van der Waals surface area contributed by atoms with Crippen LogP contribution in [-0.2, 0) is 22.4 Å².